The molecule has 1 N–H and O–H groups in total. The monoisotopic (exact) mass is 495 g/mol. The number of benzene rings is 2. The minimum absolute atomic E-state index is 0.0356. The number of ether oxygens (including phenoxy) is 4. The predicted octanol–water partition coefficient (Wildman–Crippen LogP) is 4.34. The van der Waals surface area contributed by atoms with Crippen LogP contribution in [0.1, 0.15) is 43.9 Å². The number of carbonyl (C=O) groups is 2. The van der Waals surface area contributed by atoms with E-state index in [4.69, 9.17) is 18.9 Å². The van der Waals surface area contributed by atoms with Gasteiger partial charge < -0.3 is 29.0 Å². The zero-order valence-electron chi connectivity index (χ0n) is 21.0. The van der Waals surface area contributed by atoms with E-state index in [1.807, 2.05) is 24.3 Å². The molecule has 2 aromatic rings. The van der Waals surface area contributed by atoms with Gasteiger partial charge >= 0.3 is 0 Å². The summed E-state index contributed by atoms with van der Waals surface area (Å²) in [6, 6.07) is 11.6. The van der Waals surface area contributed by atoms with Crippen LogP contribution < -0.4 is 14.2 Å². The first kappa shape index (κ1) is 25.6. The van der Waals surface area contributed by atoms with Crippen molar-refractivity contribution in [2.75, 3.05) is 40.1 Å². The van der Waals surface area contributed by atoms with Crippen molar-refractivity contribution >= 4 is 17.4 Å². The maximum absolute atomic E-state index is 13.2. The van der Waals surface area contributed by atoms with E-state index in [0.717, 1.165) is 6.42 Å². The number of nitrogens with zero attached hydrogens (tertiary/aromatic N) is 1. The summed E-state index contributed by atoms with van der Waals surface area (Å²) in [5.74, 6) is 0.576. The number of aliphatic hydroxyl groups excluding tert-OH is 1. The van der Waals surface area contributed by atoms with Gasteiger partial charge in [-0.25, -0.2) is 0 Å². The fourth-order valence-corrected chi connectivity index (χ4v) is 4.37. The van der Waals surface area contributed by atoms with Gasteiger partial charge in [0, 0.05) is 25.8 Å². The molecule has 0 saturated carbocycles. The van der Waals surface area contributed by atoms with Crippen molar-refractivity contribution in [2.45, 2.75) is 32.7 Å². The van der Waals surface area contributed by atoms with Crippen molar-refractivity contribution in [2.24, 2.45) is 5.92 Å². The fraction of sp³-hybridized carbons (Fsp3) is 0.429. The number of amides is 1. The van der Waals surface area contributed by atoms with Crippen LogP contribution in [0.25, 0.3) is 5.76 Å². The lowest BCUT2D eigenvalue weighted by Crippen LogP contribution is -2.31. The van der Waals surface area contributed by atoms with Gasteiger partial charge in [-0.2, -0.15) is 0 Å². The van der Waals surface area contributed by atoms with Crippen molar-refractivity contribution in [3.8, 4) is 17.2 Å². The lowest BCUT2D eigenvalue weighted by Gasteiger charge is -2.26. The molecule has 1 unspecified atom stereocenters. The second-order valence-corrected chi connectivity index (χ2v) is 9.30. The van der Waals surface area contributed by atoms with E-state index in [-0.39, 0.29) is 11.3 Å². The Labute approximate surface area is 211 Å². The number of hydrogen-bond acceptors (Lipinski definition) is 7. The molecule has 4 rings (SSSR count). The summed E-state index contributed by atoms with van der Waals surface area (Å²) in [4.78, 5) is 27.8. The third-order valence-corrected chi connectivity index (χ3v) is 6.24. The van der Waals surface area contributed by atoms with E-state index in [1.165, 1.54) is 4.90 Å². The number of ketones is 1. The maximum Gasteiger partial charge on any atom is 0.295 e. The molecule has 1 fully saturated rings. The molecule has 1 amide bonds. The minimum atomic E-state index is -0.760. The lowest BCUT2D eigenvalue weighted by molar-refractivity contribution is -0.140. The number of methoxy groups -OCH3 is 1. The molecule has 2 aromatic carbocycles. The Morgan fingerprint density at radius 1 is 1.08 bits per heavy atom. The number of carbonyl (C=O) groups excluding carboxylic acids is 2. The van der Waals surface area contributed by atoms with Gasteiger partial charge in [0.05, 0.1) is 18.2 Å². The highest BCUT2D eigenvalue weighted by molar-refractivity contribution is 6.46. The summed E-state index contributed by atoms with van der Waals surface area (Å²) in [6.07, 6.45) is 1.46. The number of rotatable bonds is 10. The third kappa shape index (κ3) is 5.49. The molecule has 2 heterocycles. The molecule has 0 spiro atoms. The SMILES string of the molecule is COCCCN1C(=O)C(=O)/C(=C(/O)c2ccc3c(c2)OCCO3)C1c1cccc(OCCC(C)C)c1. The maximum atomic E-state index is 13.2. The largest absolute Gasteiger partial charge is 0.507 e. The van der Waals surface area contributed by atoms with Crippen LogP contribution in [-0.2, 0) is 14.3 Å². The van der Waals surface area contributed by atoms with E-state index in [9.17, 15) is 14.7 Å². The topological polar surface area (TPSA) is 94.5 Å². The number of fused-ring (bicyclic) bond motifs is 1. The number of Topliss-reactive ketones (excluding diaryl/α,β-unsaturated/α-hetero) is 1. The second kappa shape index (κ2) is 11.5. The highest BCUT2D eigenvalue weighted by Gasteiger charge is 2.46. The average Bonchev–Trinajstić information content (AvgIpc) is 3.13. The molecule has 36 heavy (non-hydrogen) atoms. The van der Waals surface area contributed by atoms with Gasteiger partial charge in [0.2, 0.25) is 0 Å². The van der Waals surface area contributed by atoms with Crippen molar-refractivity contribution in [3.05, 3.63) is 59.2 Å². The summed E-state index contributed by atoms with van der Waals surface area (Å²) < 4.78 is 22.3. The molecule has 2 aliphatic rings. The van der Waals surface area contributed by atoms with Crippen molar-refractivity contribution < 1.29 is 33.6 Å². The molecule has 8 nitrogen and oxygen atoms in total. The van der Waals surface area contributed by atoms with Gasteiger partial charge in [0.1, 0.15) is 24.7 Å². The number of hydrogen-bond donors (Lipinski definition) is 1. The Hall–Kier alpha value is -3.52. The van der Waals surface area contributed by atoms with Gasteiger partial charge in [0.25, 0.3) is 11.7 Å². The van der Waals surface area contributed by atoms with Gasteiger partial charge in [-0.05, 0) is 54.7 Å². The Bertz CT molecular complexity index is 1140. The Morgan fingerprint density at radius 3 is 2.61 bits per heavy atom. The standard InChI is InChI=1S/C28H33NO7/c1-18(2)10-13-34-21-7-4-6-19(16-21)25-24(27(31)28(32)29(25)11-5-12-33-3)26(30)20-8-9-22-23(17-20)36-15-14-35-22/h4,6-9,16-18,25,30H,5,10-15H2,1-3H3/b26-24+. The minimum Gasteiger partial charge on any atom is -0.507 e. The van der Waals surface area contributed by atoms with E-state index in [1.54, 1.807) is 25.3 Å². The highest BCUT2D eigenvalue weighted by Crippen LogP contribution is 2.41. The Kier molecular flexibility index (Phi) is 8.15. The molecule has 1 atom stereocenters. The van der Waals surface area contributed by atoms with E-state index in [2.05, 4.69) is 13.8 Å². The molecular formula is C28H33NO7. The molecule has 8 heteroatoms. The van der Waals surface area contributed by atoms with E-state index in [0.29, 0.717) is 73.7 Å². The van der Waals surface area contributed by atoms with Gasteiger partial charge in [-0.15, -0.1) is 0 Å². The Morgan fingerprint density at radius 2 is 1.86 bits per heavy atom. The molecule has 0 radical (unpaired) electrons. The summed E-state index contributed by atoms with van der Waals surface area (Å²) in [7, 11) is 1.59. The quantitative estimate of drug-likeness (QED) is 0.227. The molecule has 192 valence electrons. The zero-order chi connectivity index (χ0) is 25.7. The first-order valence-corrected chi connectivity index (χ1v) is 12.3. The van der Waals surface area contributed by atoms with Crippen molar-refractivity contribution in [3.63, 3.8) is 0 Å². The predicted molar refractivity (Wildman–Crippen MR) is 134 cm³/mol. The van der Waals surface area contributed by atoms with Crippen LogP contribution in [0, 0.1) is 5.92 Å². The van der Waals surface area contributed by atoms with E-state index < -0.39 is 17.7 Å². The van der Waals surface area contributed by atoms with Crippen molar-refractivity contribution in [1.82, 2.24) is 4.90 Å². The summed E-state index contributed by atoms with van der Waals surface area (Å²) in [5, 5.41) is 11.3. The van der Waals surface area contributed by atoms with Crippen LogP contribution in [-0.4, -0.2) is 61.8 Å². The first-order chi connectivity index (χ1) is 17.4. The fourth-order valence-electron chi connectivity index (χ4n) is 4.37. The normalized spacial score (nSPS) is 18.7. The Balaban J connectivity index is 1.74. The van der Waals surface area contributed by atoms with Crippen LogP contribution >= 0.6 is 0 Å². The van der Waals surface area contributed by atoms with Gasteiger partial charge in [-0.3, -0.25) is 9.59 Å². The molecular weight excluding hydrogens is 462 g/mol. The molecule has 0 bridgehead atoms. The smallest absolute Gasteiger partial charge is 0.295 e. The van der Waals surface area contributed by atoms with Gasteiger partial charge in [-0.1, -0.05) is 26.0 Å². The lowest BCUT2D eigenvalue weighted by atomic mass is 9.95. The molecule has 1 saturated heterocycles. The van der Waals surface area contributed by atoms with Gasteiger partial charge in [0.15, 0.2) is 11.5 Å². The third-order valence-electron chi connectivity index (χ3n) is 6.24. The second-order valence-electron chi connectivity index (χ2n) is 9.30. The van der Waals surface area contributed by atoms with E-state index >= 15 is 0 Å². The van der Waals surface area contributed by atoms with Crippen LogP contribution in [0.3, 0.4) is 0 Å². The summed E-state index contributed by atoms with van der Waals surface area (Å²) >= 11 is 0. The van der Waals surface area contributed by atoms with Crippen LogP contribution in [0.15, 0.2) is 48.0 Å². The average molecular weight is 496 g/mol. The van der Waals surface area contributed by atoms with Crippen LogP contribution in [0.4, 0.5) is 0 Å². The first-order valence-electron chi connectivity index (χ1n) is 12.3. The van der Waals surface area contributed by atoms with Crippen LogP contribution in [0.5, 0.6) is 17.2 Å². The zero-order valence-corrected chi connectivity index (χ0v) is 21.0. The highest BCUT2D eigenvalue weighted by atomic mass is 16.6. The summed E-state index contributed by atoms with van der Waals surface area (Å²) in [5.41, 5.74) is 1.10. The molecule has 0 aromatic heterocycles. The number of likely N-dealkylation sites (tertiary alicyclic amines) is 1. The number of aliphatic hydroxyl groups is 1. The van der Waals surface area contributed by atoms with Crippen LogP contribution in [0.2, 0.25) is 0 Å². The van der Waals surface area contributed by atoms with Crippen molar-refractivity contribution in [1.29, 1.82) is 0 Å². The summed E-state index contributed by atoms with van der Waals surface area (Å²) in [6.45, 7) is 6.41. The molecule has 2 aliphatic heterocycles. The molecule has 0 aliphatic carbocycles.